The van der Waals surface area contributed by atoms with Crippen LogP contribution in [0.5, 0.6) is 11.5 Å². The number of nitrogens with zero attached hydrogens (tertiary/aromatic N) is 1. The van der Waals surface area contributed by atoms with Gasteiger partial charge >= 0.3 is 0 Å². The second kappa shape index (κ2) is 8.99. The van der Waals surface area contributed by atoms with E-state index in [0.717, 1.165) is 31.6 Å². The fourth-order valence-corrected chi connectivity index (χ4v) is 2.92. The van der Waals surface area contributed by atoms with Gasteiger partial charge in [0.2, 0.25) is 0 Å². The molecule has 0 aliphatic carbocycles. The molecule has 1 aromatic carbocycles. The van der Waals surface area contributed by atoms with Gasteiger partial charge in [0.15, 0.2) is 6.10 Å². The largest absolute Gasteiger partial charge is 0.497 e. The van der Waals surface area contributed by atoms with Crippen LogP contribution in [0.4, 0.5) is 0 Å². The number of hydrogen-bond acceptors (Lipinski definition) is 4. The van der Waals surface area contributed by atoms with Crippen LogP contribution in [0.15, 0.2) is 24.3 Å². The molecule has 1 heterocycles. The SMILES string of the molecule is COc1ccc(OC(C)C(=O)N2CCCCC2C(C)N)cc1.Cl. The van der Waals surface area contributed by atoms with Crippen molar-refractivity contribution in [2.24, 2.45) is 5.73 Å². The number of carbonyl (C=O) groups excluding carboxylic acids is 1. The molecule has 1 aliphatic rings. The van der Waals surface area contributed by atoms with Crippen molar-refractivity contribution >= 4 is 18.3 Å². The van der Waals surface area contributed by atoms with Gasteiger partial charge in [-0.15, -0.1) is 12.4 Å². The first kappa shape index (κ1) is 19.6. The Hall–Kier alpha value is -1.46. The standard InChI is InChI=1S/C17H26N2O3.ClH/c1-12(18)16-6-4-5-11-19(16)17(20)13(2)22-15-9-7-14(21-3)8-10-15;/h7-10,12-13,16H,4-6,11,18H2,1-3H3;1H. The number of carbonyl (C=O) groups is 1. The topological polar surface area (TPSA) is 64.8 Å². The number of ether oxygens (including phenoxy) is 2. The lowest BCUT2D eigenvalue weighted by Crippen LogP contribution is -2.54. The summed E-state index contributed by atoms with van der Waals surface area (Å²) >= 11 is 0. The van der Waals surface area contributed by atoms with Crippen molar-refractivity contribution in [1.82, 2.24) is 4.90 Å². The van der Waals surface area contributed by atoms with Gasteiger partial charge in [0.1, 0.15) is 11.5 Å². The predicted octanol–water partition coefficient (Wildman–Crippen LogP) is 2.61. The number of amides is 1. The maximum Gasteiger partial charge on any atom is 0.263 e. The molecule has 6 heteroatoms. The van der Waals surface area contributed by atoms with Crippen LogP contribution in [0.2, 0.25) is 0 Å². The molecule has 5 nitrogen and oxygen atoms in total. The fraction of sp³-hybridized carbons (Fsp3) is 0.588. The first-order chi connectivity index (χ1) is 10.5. The Morgan fingerprint density at radius 3 is 2.39 bits per heavy atom. The molecular formula is C17H27ClN2O3. The maximum atomic E-state index is 12.7. The van der Waals surface area contributed by atoms with Crippen LogP contribution in [0, 0.1) is 0 Å². The molecule has 130 valence electrons. The fourth-order valence-electron chi connectivity index (χ4n) is 2.92. The number of hydrogen-bond donors (Lipinski definition) is 1. The van der Waals surface area contributed by atoms with Crippen LogP contribution in [0.3, 0.4) is 0 Å². The van der Waals surface area contributed by atoms with Crippen molar-refractivity contribution in [1.29, 1.82) is 0 Å². The lowest BCUT2D eigenvalue weighted by Gasteiger charge is -2.39. The molecule has 0 radical (unpaired) electrons. The molecule has 1 saturated heterocycles. The van der Waals surface area contributed by atoms with Gasteiger partial charge < -0.3 is 20.1 Å². The van der Waals surface area contributed by atoms with Crippen molar-refractivity contribution < 1.29 is 14.3 Å². The van der Waals surface area contributed by atoms with Gasteiger partial charge in [-0.1, -0.05) is 0 Å². The highest BCUT2D eigenvalue weighted by Crippen LogP contribution is 2.22. The summed E-state index contributed by atoms with van der Waals surface area (Å²) in [5.41, 5.74) is 6.03. The lowest BCUT2D eigenvalue weighted by atomic mass is 9.96. The Labute approximate surface area is 144 Å². The molecule has 1 amide bonds. The van der Waals surface area contributed by atoms with Crippen molar-refractivity contribution in [3.8, 4) is 11.5 Å². The number of nitrogens with two attached hydrogens (primary N) is 1. The highest BCUT2D eigenvalue weighted by Gasteiger charge is 2.32. The number of benzene rings is 1. The third-order valence-corrected chi connectivity index (χ3v) is 4.16. The number of rotatable bonds is 5. The van der Waals surface area contributed by atoms with Crippen LogP contribution in [0.1, 0.15) is 33.1 Å². The third kappa shape index (κ3) is 5.01. The van der Waals surface area contributed by atoms with Crippen LogP contribution in [0.25, 0.3) is 0 Å². The summed E-state index contributed by atoms with van der Waals surface area (Å²) in [6, 6.07) is 7.35. The minimum Gasteiger partial charge on any atom is -0.497 e. The average molecular weight is 343 g/mol. The zero-order chi connectivity index (χ0) is 16.1. The Bertz CT molecular complexity index is 493. The van der Waals surface area contributed by atoms with E-state index in [-0.39, 0.29) is 30.4 Å². The molecule has 0 bridgehead atoms. The molecule has 0 saturated carbocycles. The Balaban J connectivity index is 0.00000264. The average Bonchev–Trinajstić information content (AvgIpc) is 2.54. The molecule has 2 N–H and O–H groups in total. The zero-order valence-corrected chi connectivity index (χ0v) is 14.8. The van der Waals surface area contributed by atoms with Gasteiger partial charge in [0, 0.05) is 18.6 Å². The van der Waals surface area contributed by atoms with Crippen molar-refractivity contribution in [3.63, 3.8) is 0 Å². The van der Waals surface area contributed by atoms with Crippen molar-refractivity contribution in [2.75, 3.05) is 13.7 Å². The van der Waals surface area contributed by atoms with Crippen molar-refractivity contribution in [3.05, 3.63) is 24.3 Å². The summed E-state index contributed by atoms with van der Waals surface area (Å²) < 4.78 is 10.9. The number of methoxy groups -OCH3 is 1. The maximum absolute atomic E-state index is 12.7. The second-order valence-electron chi connectivity index (χ2n) is 5.89. The van der Waals surface area contributed by atoms with Gasteiger partial charge in [-0.25, -0.2) is 0 Å². The molecule has 1 fully saturated rings. The molecule has 1 aromatic rings. The van der Waals surface area contributed by atoms with E-state index in [1.165, 1.54) is 0 Å². The minimum absolute atomic E-state index is 0. The van der Waals surface area contributed by atoms with Crippen LogP contribution >= 0.6 is 12.4 Å². The summed E-state index contributed by atoms with van der Waals surface area (Å²) in [5.74, 6) is 1.44. The summed E-state index contributed by atoms with van der Waals surface area (Å²) in [7, 11) is 1.62. The number of likely N-dealkylation sites (tertiary alicyclic amines) is 1. The normalized spacial score (nSPS) is 20.2. The first-order valence-corrected chi connectivity index (χ1v) is 7.89. The first-order valence-electron chi connectivity index (χ1n) is 7.89. The predicted molar refractivity (Wildman–Crippen MR) is 93.3 cm³/mol. The van der Waals surface area contributed by atoms with E-state index in [1.807, 2.05) is 36.1 Å². The molecule has 2 rings (SSSR count). The smallest absolute Gasteiger partial charge is 0.263 e. The number of halogens is 1. The summed E-state index contributed by atoms with van der Waals surface area (Å²) in [4.78, 5) is 14.6. The van der Waals surface area contributed by atoms with Crippen LogP contribution in [-0.4, -0.2) is 42.6 Å². The molecular weight excluding hydrogens is 316 g/mol. The Kier molecular flexibility index (Phi) is 7.65. The van der Waals surface area contributed by atoms with E-state index < -0.39 is 6.10 Å². The highest BCUT2D eigenvalue weighted by molar-refractivity contribution is 5.85. The van der Waals surface area contributed by atoms with E-state index in [4.69, 9.17) is 15.2 Å². The highest BCUT2D eigenvalue weighted by atomic mass is 35.5. The molecule has 3 unspecified atom stereocenters. The van der Waals surface area contributed by atoms with Gasteiger partial charge in [0.05, 0.1) is 7.11 Å². The molecule has 0 aromatic heterocycles. The monoisotopic (exact) mass is 342 g/mol. The Morgan fingerprint density at radius 1 is 1.22 bits per heavy atom. The minimum atomic E-state index is -0.521. The van der Waals surface area contributed by atoms with Gasteiger partial charge in [-0.2, -0.15) is 0 Å². The van der Waals surface area contributed by atoms with E-state index in [9.17, 15) is 4.79 Å². The lowest BCUT2D eigenvalue weighted by molar-refractivity contribution is -0.142. The van der Waals surface area contributed by atoms with Crippen LogP contribution < -0.4 is 15.2 Å². The van der Waals surface area contributed by atoms with E-state index in [1.54, 1.807) is 14.0 Å². The third-order valence-electron chi connectivity index (χ3n) is 4.16. The van der Waals surface area contributed by atoms with E-state index >= 15 is 0 Å². The molecule has 3 atom stereocenters. The van der Waals surface area contributed by atoms with Gasteiger partial charge in [-0.3, -0.25) is 4.79 Å². The van der Waals surface area contributed by atoms with E-state index in [2.05, 4.69) is 0 Å². The van der Waals surface area contributed by atoms with E-state index in [0.29, 0.717) is 5.75 Å². The quantitative estimate of drug-likeness (QED) is 0.893. The van der Waals surface area contributed by atoms with Crippen LogP contribution in [-0.2, 0) is 4.79 Å². The van der Waals surface area contributed by atoms with Gasteiger partial charge in [0.25, 0.3) is 5.91 Å². The van der Waals surface area contributed by atoms with Gasteiger partial charge in [-0.05, 0) is 57.4 Å². The second-order valence-corrected chi connectivity index (χ2v) is 5.89. The molecule has 23 heavy (non-hydrogen) atoms. The zero-order valence-electron chi connectivity index (χ0n) is 14.0. The summed E-state index contributed by atoms with van der Waals surface area (Å²) in [5, 5.41) is 0. The summed E-state index contributed by atoms with van der Waals surface area (Å²) in [6.45, 7) is 4.52. The summed E-state index contributed by atoms with van der Waals surface area (Å²) in [6.07, 6.45) is 2.61. The molecule has 0 spiro atoms. The van der Waals surface area contributed by atoms with Crippen molar-refractivity contribution in [2.45, 2.75) is 51.3 Å². The Morgan fingerprint density at radius 2 is 1.83 bits per heavy atom. The molecule has 1 aliphatic heterocycles. The number of piperidine rings is 1.